The minimum Gasteiger partial charge on any atom is -0.342 e. The quantitative estimate of drug-likeness (QED) is 0.447. The molecule has 0 saturated heterocycles. The summed E-state index contributed by atoms with van der Waals surface area (Å²) in [6.07, 6.45) is 0. The number of hydrogen-bond donors (Lipinski definition) is 2. The summed E-state index contributed by atoms with van der Waals surface area (Å²) in [6.45, 7) is 8.50. The molecule has 2 N–H and O–H groups in total. The lowest BCUT2D eigenvalue weighted by Crippen LogP contribution is -2.33. The van der Waals surface area contributed by atoms with Crippen LogP contribution in [0.1, 0.15) is 48.6 Å². The number of anilines is 1. The van der Waals surface area contributed by atoms with E-state index >= 15 is 0 Å². The average Bonchev–Trinajstić information content (AvgIpc) is 3.20. The molecular weight excluding hydrogens is 441 g/mol. The first-order valence-electron chi connectivity index (χ1n) is 10.8. The molecule has 0 unspecified atom stereocenters. The molecule has 1 aromatic heterocycles. The van der Waals surface area contributed by atoms with Gasteiger partial charge in [0.15, 0.2) is 11.0 Å². The second-order valence-electron chi connectivity index (χ2n) is 7.96. The van der Waals surface area contributed by atoms with Gasteiger partial charge in [0.25, 0.3) is 5.91 Å². The van der Waals surface area contributed by atoms with Crippen molar-refractivity contribution >= 4 is 29.3 Å². The molecule has 0 radical (unpaired) electrons. The minimum atomic E-state index is -0.487. The molecule has 0 aliphatic rings. The monoisotopic (exact) mass is 469 g/mol. The van der Waals surface area contributed by atoms with Gasteiger partial charge >= 0.3 is 0 Å². The molecule has 2 aromatic carbocycles. The summed E-state index contributed by atoms with van der Waals surface area (Å²) in [5.41, 5.74) is 1.80. The molecule has 33 heavy (non-hydrogen) atoms. The van der Waals surface area contributed by atoms with Crippen LogP contribution in [0.25, 0.3) is 0 Å². The maximum Gasteiger partial charge on any atom is 0.251 e. The molecule has 0 bridgehead atoms. The second kappa shape index (κ2) is 11.1. The first-order valence-corrected chi connectivity index (χ1v) is 11.8. The Bertz CT molecular complexity index is 1110. The maximum absolute atomic E-state index is 13.8. The number of aryl methyl sites for hydroxylation is 1. The maximum atomic E-state index is 13.8. The van der Waals surface area contributed by atoms with Gasteiger partial charge in [-0.3, -0.25) is 9.59 Å². The van der Waals surface area contributed by atoms with Crippen molar-refractivity contribution in [3.63, 3.8) is 0 Å². The number of rotatable bonds is 9. The zero-order valence-electron chi connectivity index (χ0n) is 19.1. The van der Waals surface area contributed by atoms with E-state index < -0.39 is 5.82 Å². The normalized spacial score (nSPS) is 11.9. The molecule has 0 fully saturated rings. The summed E-state index contributed by atoms with van der Waals surface area (Å²) in [5.74, 6) is -0.266. The van der Waals surface area contributed by atoms with Gasteiger partial charge in [0, 0.05) is 12.1 Å². The van der Waals surface area contributed by atoms with Gasteiger partial charge in [0.2, 0.25) is 5.91 Å². The molecule has 0 saturated carbocycles. The Labute approximate surface area is 197 Å². The Morgan fingerprint density at radius 2 is 1.79 bits per heavy atom. The van der Waals surface area contributed by atoms with Crippen LogP contribution < -0.4 is 10.6 Å². The van der Waals surface area contributed by atoms with Crippen molar-refractivity contribution in [2.45, 2.75) is 45.4 Å². The Morgan fingerprint density at radius 1 is 1.09 bits per heavy atom. The second-order valence-corrected chi connectivity index (χ2v) is 8.91. The third-order valence-corrected chi connectivity index (χ3v) is 6.05. The Balaban J connectivity index is 1.71. The van der Waals surface area contributed by atoms with Crippen LogP contribution in [0.4, 0.5) is 10.1 Å². The largest absolute Gasteiger partial charge is 0.342 e. The first-order chi connectivity index (χ1) is 15.8. The Hall–Kier alpha value is -3.20. The number of para-hydroxylation sites is 1. The summed E-state index contributed by atoms with van der Waals surface area (Å²) in [5, 5.41) is 14.8. The van der Waals surface area contributed by atoms with Gasteiger partial charge in [-0.25, -0.2) is 4.39 Å². The number of hydrogen-bond acceptors (Lipinski definition) is 5. The predicted octanol–water partition coefficient (Wildman–Crippen LogP) is 4.60. The molecule has 3 rings (SSSR count). The van der Waals surface area contributed by atoms with Gasteiger partial charge in [-0.1, -0.05) is 55.4 Å². The van der Waals surface area contributed by atoms with Crippen LogP contribution in [0.15, 0.2) is 53.7 Å². The van der Waals surface area contributed by atoms with Crippen LogP contribution in [0.2, 0.25) is 0 Å². The average molecular weight is 470 g/mol. The smallest absolute Gasteiger partial charge is 0.251 e. The SMILES string of the molecule is CCn1c(SCC(=O)Nc2ccccc2F)nnc1[C@H](NC(=O)c1ccc(C)cc1)C(C)C. The molecule has 0 spiro atoms. The number of amides is 2. The lowest BCUT2D eigenvalue weighted by Gasteiger charge is -2.22. The number of thioether (sulfide) groups is 1. The fourth-order valence-electron chi connectivity index (χ4n) is 3.27. The van der Waals surface area contributed by atoms with Crippen LogP contribution in [-0.2, 0) is 11.3 Å². The predicted molar refractivity (Wildman–Crippen MR) is 128 cm³/mol. The van der Waals surface area contributed by atoms with Gasteiger partial charge in [-0.15, -0.1) is 10.2 Å². The van der Waals surface area contributed by atoms with Crippen LogP contribution in [0.5, 0.6) is 0 Å². The molecule has 0 aliphatic heterocycles. The van der Waals surface area contributed by atoms with Crippen LogP contribution in [0.3, 0.4) is 0 Å². The molecule has 0 aliphatic carbocycles. The standard InChI is InChI=1S/C24H28FN5O2S/c1-5-30-22(21(15(2)3)27-23(32)17-12-10-16(4)11-13-17)28-29-24(30)33-14-20(31)26-19-9-7-6-8-18(19)25/h6-13,15,21H,5,14H2,1-4H3,(H,26,31)(H,27,32)/t21-/m1/s1. The van der Waals surface area contributed by atoms with Gasteiger partial charge in [-0.05, 0) is 44.0 Å². The molecule has 3 aromatic rings. The van der Waals surface area contributed by atoms with E-state index in [4.69, 9.17) is 0 Å². The molecule has 2 amide bonds. The number of nitrogens with one attached hydrogen (secondary N) is 2. The summed E-state index contributed by atoms with van der Waals surface area (Å²) in [7, 11) is 0. The van der Waals surface area contributed by atoms with E-state index in [1.807, 2.05) is 44.4 Å². The number of benzene rings is 2. The molecule has 7 nitrogen and oxygen atoms in total. The van der Waals surface area contributed by atoms with Crippen molar-refractivity contribution in [1.82, 2.24) is 20.1 Å². The molecule has 1 atom stereocenters. The van der Waals surface area contributed by atoms with Crippen LogP contribution in [0, 0.1) is 18.7 Å². The zero-order valence-corrected chi connectivity index (χ0v) is 19.9. The topological polar surface area (TPSA) is 88.9 Å². The van der Waals surface area contributed by atoms with Gasteiger partial charge in [-0.2, -0.15) is 0 Å². The van der Waals surface area contributed by atoms with Crippen LogP contribution >= 0.6 is 11.8 Å². The third-order valence-electron chi connectivity index (χ3n) is 5.09. The number of halogens is 1. The highest BCUT2D eigenvalue weighted by Crippen LogP contribution is 2.26. The number of nitrogens with zero attached hydrogens (tertiary/aromatic N) is 3. The molecular formula is C24H28FN5O2S. The summed E-state index contributed by atoms with van der Waals surface area (Å²) < 4.78 is 15.7. The van der Waals surface area contributed by atoms with Crippen molar-refractivity contribution in [2.24, 2.45) is 5.92 Å². The minimum absolute atomic E-state index is 0.0501. The highest BCUT2D eigenvalue weighted by atomic mass is 32.2. The zero-order chi connectivity index (χ0) is 24.0. The molecule has 174 valence electrons. The highest BCUT2D eigenvalue weighted by molar-refractivity contribution is 7.99. The van der Waals surface area contributed by atoms with Gasteiger partial charge < -0.3 is 15.2 Å². The number of carbonyl (C=O) groups is 2. The van der Waals surface area contributed by atoms with Crippen molar-refractivity contribution in [1.29, 1.82) is 0 Å². The number of aromatic nitrogens is 3. The van der Waals surface area contributed by atoms with E-state index in [1.165, 1.54) is 23.9 Å². The Morgan fingerprint density at radius 3 is 2.42 bits per heavy atom. The fourth-order valence-corrected chi connectivity index (χ4v) is 4.08. The lowest BCUT2D eigenvalue weighted by atomic mass is 10.0. The van der Waals surface area contributed by atoms with Crippen molar-refractivity contribution in [2.75, 3.05) is 11.1 Å². The van der Waals surface area contributed by atoms with E-state index in [0.717, 1.165) is 5.56 Å². The van der Waals surface area contributed by atoms with Crippen molar-refractivity contribution in [3.05, 3.63) is 71.3 Å². The van der Waals surface area contributed by atoms with Crippen molar-refractivity contribution < 1.29 is 14.0 Å². The van der Waals surface area contributed by atoms with Crippen molar-refractivity contribution in [3.8, 4) is 0 Å². The third kappa shape index (κ3) is 6.19. The Kier molecular flexibility index (Phi) is 8.21. The van der Waals surface area contributed by atoms with E-state index in [-0.39, 0.29) is 35.2 Å². The molecule has 1 heterocycles. The molecule has 9 heteroatoms. The highest BCUT2D eigenvalue weighted by Gasteiger charge is 2.26. The van der Waals surface area contributed by atoms with E-state index in [0.29, 0.717) is 23.1 Å². The van der Waals surface area contributed by atoms with E-state index in [9.17, 15) is 14.0 Å². The van der Waals surface area contributed by atoms with Gasteiger partial charge in [0.1, 0.15) is 5.82 Å². The van der Waals surface area contributed by atoms with Crippen LogP contribution in [-0.4, -0.2) is 32.3 Å². The summed E-state index contributed by atoms with van der Waals surface area (Å²) in [4.78, 5) is 25.1. The lowest BCUT2D eigenvalue weighted by molar-refractivity contribution is -0.113. The number of carbonyl (C=O) groups excluding carboxylic acids is 2. The summed E-state index contributed by atoms with van der Waals surface area (Å²) in [6, 6.07) is 13.0. The van der Waals surface area contributed by atoms with E-state index in [2.05, 4.69) is 20.8 Å². The summed E-state index contributed by atoms with van der Waals surface area (Å²) >= 11 is 1.21. The van der Waals surface area contributed by atoms with Gasteiger partial charge in [0.05, 0.1) is 17.5 Å². The first kappa shape index (κ1) is 24.4. The van der Waals surface area contributed by atoms with E-state index in [1.54, 1.807) is 24.3 Å². The fraction of sp³-hybridized carbons (Fsp3) is 0.333.